The molecule has 0 unspecified atom stereocenters. The highest BCUT2D eigenvalue weighted by molar-refractivity contribution is 5.26. The van der Waals surface area contributed by atoms with Crippen molar-refractivity contribution in [3.63, 3.8) is 0 Å². The van der Waals surface area contributed by atoms with E-state index in [2.05, 4.69) is 26.8 Å². The van der Waals surface area contributed by atoms with Gasteiger partial charge in [-0.25, -0.2) is 0 Å². The van der Waals surface area contributed by atoms with Crippen molar-refractivity contribution in [2.75, 3.05) is 26.4 Å². The number of aliphatic hydroxyl groups excluding tert-OH is 12. The Kier molecular flexibility index (Phi) is 16.7. The fourth-order valence-corrected chi connectivity index (χ4v) is 14.7. The summed E-state index contributed by atoms with van der Waals surface area (Å²) in [5, 5.41) is 138. The number of fused-ring (bicyclic) bond motifs is 7. The van der Waals surface area contributed by atoms with Crippen LogP contribution in [0.15, 0.2) is 11.6 Å². The highest BCUT2D eigenvalue weighted by Crippen LogP contribution is 2.70. The predicted molar refractivity (Wildman–Crippen MR) is 244 cm³/mol. The molecule has 5 aliphatic heterocycles. The summed E-state index contributed by atoms with van der Waals surface area (Å²) in [6, 6.07) is 0. The van der Waals surface area contributed by atoms with Crippen molar-refractivity contribution in [2.45, 2.75) is 227 Å². The van der Waals surface area contributed by atoms with Gasteiger partial charge in [0.2, 0.25) is 0 Å². The molecule has 9 rings (SSSR count). The minimum Gasteiger partial charge on any atom is -0.394 e. The number of hydrogen-bond acceptors (Lipinski definition) is 22. The van der Waals surface area contributed by atoms with Crippen LogP contribution in [0, 0.1) is 46.3 Å². The molecule has 0 bridgehead atoms. The number of hydrogen-bond donors (Lipinski definition) is 13. The van der Waals surface area contributed by atoms with E-state index in [4.69, 9.17) is 42.6 Å². The van der Waals surface area contributed by atoms with E-state index < -0.39 is 142 Å². The standard InChI is InChI=1S/C50H82O22/c1-20(18-64-44-39(60)37(58)35(56)30(16-51)68-44)8-13-50(63)21(2)32-29(72-50)15-27-25-7-6-23-14-24(9-11-48(23,4)26(25)10-12-49(27,32)5)67-47-43(71-46-40(61)36(57)33(54)22(3)66-46)41(62)42(31(17-52)69-47)70-45-38(59)34(55)28(53)19-65-45/h6,20-22,24-47,51-63H,7-19H2,1-5H3/t20-,21+,22+,24+,25-,26+,27+,28+,29+,30-,31-,32+,33+,34+,35-,36-,37+,38-,39-,40-,41+,42-,43-,44-,45+,46+,47-,48+,49+,50-/m1/s1. The van der Waals surface area contributed by atoms with Gasteiger partial charge in [0.25, 0.3) is 0 Å². The largest absolute Gasteiger partial charge is 0.394 e. The first kappa shape index (κ1) is 55.6. The zero-order valence-corrected chi connectivity index (χ0v) is 41.8. The van der Waals surface area contributed by atoms with Crippen LogP contribution in [0.4, 0.5) is 0 Å². The number of allylic oxidation sites excluding steroid dienone is 1. The Labute approximate surface area is 419 Å². The van der Waals surface area contributed by atoms with Crippen LogP contribution in [0.1, 0.15) is 92.4 Å². The van der Waals surface area contributed by atoms with Crippen molar-refractivity contribution >= 4 is 0 Å². The Bertz CT molecular complexity index is 1860. The van der Waals surface area contributed by atoms with Crippen LogP contribution in [0.25, 0.3) is 0 Å². The molecule has 72 heavy (non-hydrogen) atoms. The number of aliphatic hydroxyl groups is 13. The molecule has 9 aliphatic rings. The molecule has 5 heterocycles. The molecule has 3 saturated carbocycles. The van der Waals surface area contributed by atoms with Crippen molar-refractivity contribution in [2.24, 2.45) is 46.3 Å². The third-order valence-corrected chi connectivity index (χ3v) is 19.1. The van der Waals surface area contributed by atoms with E-state index in [1.165, 1.54) is 12.5 Å². The van der Waals surface area contributed by atoms with Gasteiger partial charge in [0.05, 0.1) is 44.7 Å². The monoisotopic (exact) mass is 1030 g/mol. The van der Waals surface area contributed by atoms with E-state index in [0.29, 0.717) is 43.4 Å². The lowest BCUT2D eigenvalue weighted by molar-refractivity contribution is -0.385. The third-order valence-electron chi connectivity index (χ3n) is 19.1. The first-order valence-corrected chi connectivity index (χ1v) is 26.3. The number of ether oxygens (including phenoxy) is 9. The van der Waals surface area contributed by atoms with Gasteiger partial charge in [0.15, 0.2) is 30.9 Å². The second-order valence-corrected chi connectivity index (χ2v) is 23.4. The van der Waals surface area contributed by atoms with Crippen LogP contribution >= 0.6 is 0 Å². The van der Waals surface area contributed by atoms with E-state index in [1.807, 2.05) is 6.92 Å². The van der Waals surface area contributed by atoms with E-state index in [0.717, 1.165) is 32.1 Å². The lowest BCUT2D eigenvalue weighted by atomic mass is 9.47. The molecule has 0 amide bonds. The van der Waals surface area contributed by atoms with E-state index in [-0.39, 0.29) is 47.9 Å². The van der Waals surface area contributed by atoms with Crippen molar-refractivity contribution < 1.29 is 109 Å². The second kappa shape index (κ2) is 21.6. The highest BCUT2D eigenvalue weighted by atomic mass is 16.8. The smallest absolute Gasteiger partial charge is 0.187 e. The van der Waals surface area contributed by atoms with Crippen LogP contribution in [0.3, 0.4) is 0 Å². The average molecular weight is 1040 g/mol. The minimum atomic E-state index is -1.75. The SMILES string of the molecule is C[C@H](CC[C@@]1(O)O[C@H]2C[C@H]3[C@@H]4CC=C5C[C@@H](O[C@@H]6O[C@H](CO)[C@@H](O[C@@H]7OC[C@H](O)[C@H](O)[C@H]7O)[C@H](O)[C@H]6O[C@@H]6O[C@@H](C)[C@H](O)[C@@H](O)[C@H]6O)CC[C@]5(C)[C@H]4CC[C@]3(C)[C@H]2[C@@H]1C)CO[C@@H]1O[C@H](CO)[C@@H](O)[C@H](O)[C@H]1O. The fraction of sp³-hybridized carbons (Fsp3) is 0.960. The van der Waals surface area contributed by atoms with Crippen molar-refractivity contribution in [1.82, 2.24) is 0 Å². The summed E-state index contributed by atoms with van der Waals surface area (Å²) < 4.78 is 54.2. The van der Waals surface area contributed by atoms with Crippen LogP contribution < -0.4 is 0 Å². The minimum absolute atomic E-state index is 0.0572. The first-order valence-electron chi connectivity index (χ1n) is 26.3. The molecule has 414 valence electrons. The summed E-state index contributed by atoms with van der Waals surface area (Å²) in [7, 11) is 0. The quantitative estimate of drug-likeness (QED) is 0.0809. The molecule has 13 N–H and O–H groups in total. The van der Waals surface area contributed by atoms with Gasteiger partial charge in [-0.2, -0.15) is 0 Å². The highest BCUT2D eigenvalue weighted by Gasteiger charge is 2.68. The summed E-state index contributed by atoms with van der Waals surface area (Å²) in [4.78, 5) is 0. The zero-order chi connectivity index (χ0) is 51.9. The van der Waals surface area contributed by atoms with E-state index >= 15 is 0 Å². The maximum Gasteiger partial charge on any atom is 0.187 e. The lowest BCUT2D eigenvalue weighted by Crippen LogP contribution is -2.66. The van der Waals surface area contributed by atoms with Gasteiger partial charge < -0.3 is 109 Å². The summed E-state index contributed by atoms with van der Waals surface area (Å²) in [5.74, 6) is -0.222. The molecule has 0 spiro atoms. The second-order valence-electron chi connectivity index (χ2n) is 23.4. The van der Waals surface area contributed by atoms with Gasteiger partial charge >= 0.3 is 0 Å². The predicted octanol–water partition coefficient (Wildman–Crippen LogP) is -2.37. The third kappa shape index (κ3) is 9.91. The van der Waals surface area contributed by atoms with E-state index in [9.17, 15) is 66.4 Å². The van der Waals surface area contributed by atoms with Gasteiger partial charge in [0, 0.05) is 12.3 Å². The fourth-order valence-electron chi connectivity index (χ4n) is 14.7. The summed E-state index contributed by atoms with van der Waals surface area (Å²) in [6.45, 7) is 8.82. The molecule has 8 fully saturated rings. The van der Waals surface area contributed by atoms with Crippen LogP contribution in [0.2, 0.25) is 0 Å². The van der Waals surface area contributed by atoms with Gasteiger partial charge in [0.1, 0.15) is 85.5 Å². The Morgan fingerprint density at radius 1 is 0.694 bits per heavy atom. The average Bonchev–Trinajstić information content (AvgIpc) is 3.80. The Hall–Kier alpha value is -1.14. The molecular formula is C50H82O22. The van der Waals surface area contributed by atoms with Crippen molar-refractivity contribution in [1.29, 1.82) is 0 Å². The maximum atomic E-state index is 12.1. The topological polar surface area (TPSA) is 346 Å². The Balaban J connectivity index is 0.843. The summed E-state index contributed by atoms with van der Waals surface area (Å²) in [5.41, 5.74) is 1.07. The van der Waals surface area contributed by atoms with Gasteiger partial charge in [-0.15, -0.1) is 0 Å². The van der Waals surface area contributed by atoms with Crippen LogP contribution in [-0.4, -0.2) is 228 Å². The molecule has 30 atom stereocenters. The zero-order valence-electron chi connectivity index (χ0n) is 41.8. The molecule has 0 radical (unpaired) electrons. The molecule has 22 heteroatoms. The first-order chi connectivity index (χ1) is 34.0. The molecular weight excluding hydrogens is 953 g/mol. The van der Waals surface area contributed by atoms with Crippen molar-refractivity contribution in [3.8, 4) is 0 Å². The summed E-state index contributed by atoms with van der Waals surface area (Å²) >= 11 is 0. The van der Waals surface area contributed by atoms with Crippen LogP contribution in [0.5, 0.6) is 0 Å². The number of rotatable bonds is 14. The van der Waals surface area contributed by atoms with E-state index in [1.54, 1.807) is 0 Å². The molecule has 0 aromatic heterocycles. The molecule has 22 nitrogen and oxygen atoms in total. The van der Waals surface area contributed by atoms with Gasteiger partial charge in [-0.3, -0.25) is 0 Å². The Morgan fingerprint density at radius 2 is 1.36 bits per heavy atom. The van der Waals surface area contributed by atoms with Crippen molar-refractivity contribution in [3.05, 3.63) is 11.6 Å². The molecule has 0 aromatic rings. The maximum absolute atomic E-state index is 12.1. The Morgan fingerprint density at radius 3 is 2.08 bits per heavy atom. The molecule has 4 aliphatic carbocycles. The van der Waals surface area contributed by atoms with Gasteiger partial charge in [-0.05, 0) is 98.7 Å². The molecule has 0 aromatic carbocycles. The van der Waals surface area contributed by atoms with Gasteiger partial charge in [-0.1, -0.05) is 39.3 Å². The lowest BCUT2D eigenvalue weighted by Gasteiger charge is -2.58. The normalized spacial score (nSPS) is 55.1. The summed E-state index contributed by atoms with van der Waals surface area (Å²) in [6.07, 6.45) is -19.3. The molecule has 5 saturated heterocycles. The van der Waals surface area contributed by atoms with Crippen LogP contribution in [-0.2, 0) is 42.6 Å².